The van der Waals surface area contributed by atoms with Crippen LogP contribution in [0.3, 0.4) is 0 Å². The standard InChI is InChI=1S/C7H6N2O2/c8-6-3-1-2-5(4-6)7(10)9-11/h1-4H,8H2. The predicted octanol–water partition coefficient (Wildman–Crippen LogP) is 1.18. The van der Waals surface area contributed by atoms with Gasteiger partial charge in [0.15, 0.2) is 0 Å². The lowest BCUT2D eigenvalue weighted by Gasteiger charge is -1.93. The fourth-order valence-electron chi connectivity index (χ4n) is 0.724. The van der Waals surface area contributed by atoms with E-state index in [4.69, 9.17) is 5.73 Å². The van der Waals surface area contributed by atoms with Crippen LogP contribution < -0.4 is 5.73 Å². The molecule has 0 saturated heterocycles. The Morgan fingerprint density at radius 1 is 1.45 bits per heavy atom. The van der Waals surface area contributed by atoms with Crippen molar-refractivity contribution in [2.24, 2.45) is 5.18 Å². The first-order valence-electron chi connectivity index (χ1n) is 2.97. The molecule has 0 radical (unpaired) electrons. The maximum atomic E-state index is 10.6. The van der Waals surface area contributed by atoms with E-state index >= 15 is 0 Å². The molecular weight excluding hydrogens is 144 g/mol. The summed E-state index contributed by atoms with van der Waals surface area (Å²) in [7, 11) is 0. The molecule has 0 aliphatic rings. The number of nitrogens with two attached hydrogens (primary N) is 1. The predicted molar refractivity (Wildman–Crippen MR) is 41.0 cm³/mol. The van der Waals surface area contributed by atoms with Crippen molar-refractivity contribution in [3.63, 3.8) is 0 Å². The van der Waals surface area contributed by atoms with Crippen LogP contribution in [0, 0.1) is 4.91 Å². The highest BCUT2D eigenvalue weighted by atomic mass is 16.3. The molecule has 0 aromatic heterocycles. The van der Waals surface area contributed by atoms with Crippen molar-refractivity contribution < 1.29 is 4.79 Å². The molecule has 1 rings (SSSR count). The molecule has 4 heteroatoms. The van der Waals surface area contributed by atoms with Gasteiger partial charge in [-0.1, -0.05) is 6.07 Å². The highest BCUT2D eigenvalue weighted by molar-refractivity contribution is 5.95. The average Bonchev–Trinajstić information content (AvgIpc) is 2.03. The molecule has 0 bridgehead atoms. The van der Waals surface area contributed by atoms with Crippen molar-refractivity contribution in [1.82, 2.24) is 0 Å². The molecule has 0 aliphatic carbocycles. The van der Waals surface area contributed by atoms with Crippen LogP contribution in [0.2, 0.25) is 0 Å². The number of carbonyl (C=O) groups excluding carboxylic acids is 1. The zero-order valence-electron chi connectivity index (χ0n) is 5.65. The second kappa shape index (κ2) is 2.92. The Hall–Kier alpha value is -1.71. The molecule has 0 aliphatic heterocycles. The number of amides is 1. The summed E-state index contributed by atoms with van der Waals surface area (Å²) in [5.74, 6) is -0.794. The first kappa shape index (κ1) is 7.40. The van der Waals surface area contributed by atoms with E-state index in [2.05, 4.69) is 5.18 Å². The van der Waals surface area contributed by atoms with E-state index in [1.54, 1.807) is 12.1 Å². The minimum atomic E-state index is -0.794. The highest BCUT2D eigenvalue weighted by Crippen LogP contribution is 2.07. The summed E-state index contributed by atoms with van der Waals surface area (Å²) in [6.45, 7) is 0. The molecule has 11 heavy (non-hydrogen) atoms. The molecule has 1 aromatic carbocycles. The van der Waals surface area contributed by atoms with Crippen LogP contribution in [0.25, 0.3) is 0 Å². The number of nitrogens with zero attached hydrogens (tertiary/aromatic N) is 1. The van der Waals surface area contributed by atoms with E-state index in [9.17, 15) is 9.70 Å². The van der Waals surface area contributed by atoms with Crippen molar-refractivity contribution in [2.75, 3.05) is 5.73 Å². The van der Waals surface area contributed by atoms with Crippen LogP contribution in [0.15, 0.2) is 29.4 Å². The second-order valence-corrected chi connectivity index (χ2v) is 2.02. The van der Waals surface area contributed by atoms with Crippen molar-refractivity contribution in [3.05, 3.63) is 34.7 Å². The molecule has 0 fully saturated rings. The average molecular weight is 150 g/mol. The Bertz CT molecular complexity index is 296. The van der Waals surface area contributed by atoms with Crippen LogP contribution in [0.4, 0.5) is 5.69 Å². The lowest BCUT2D eigenvalue weighted by atomic mass is 10.2. The Balaban J connectivity index is 3.05. The van der Waals surface area contributed by atoms with Crippen LogP contribution >= 0.6 is 0 Å². The molecule has 4 nitrogen and oxygen atoms in total. The van der Waals surface area contributed by atoms with E-state index in [0.29, 0.717) is 5.69 Å². The topological polar surface area (TPSA) is 72.5 Å². The van der Waals surface area contributed by atoms with Crippen molar-refractivity contribution in [2.45, 2.75) is 0 Å². The molecule has 2 N–H and O–H groups in total. The van der Waals surface area contributed by atoms with Crippen LogP contribution in [0.5, 0.6) is 0 Å². The molecule has 0 heterocycles. The summed E-state index contributed by atoms with van der Waals surface area (Å²) in [6.07, 6.45) is 0. The summed E-state index contributed by atoms with van der Waals surface area (Å²) in [5, 5.41) is 2.26. The zero-order valence-corrected chi connectivity index (χ0v) is 5.65. The van der Waals surface area contributed by atoms with Gasteiger partial charge in [-0.15, -0.1) is 4.91 Å². The lowest BCUT2D eigenvalue weighted by molar-refractivity contribution is 0.100. The minimum Gasteiger partial charge on any atom is -0.399 e. The first-order valence-corrected chi connectivity index (χ1v) is 2.97. The van der Waals surface area contributed by atoms with Gasteiger partial charge in [0, 0.05) is 16.4 Å². The third kappa shape index (κ3) is 1.61. The number of carbonyl (C=O) groups is 1. The number of anilines is 1. The number of rotatable bonds is 1. The fraction of sp³-hybridized carbons (Fsp3) is 0. The second-order valence-electron chi connectivity index (χ2n) is 2.02. The quantitative estimate of drug-likeness (QED) is 0.482. The zero-order chi connectivity index (χ0) is 8.27. The Kier molecular flexibility index (Phi) is 1.96. The number of hydrogen-bond donors (Lipinski definition) is 1. The van der Waals surface area contributed by atoms with Gasteiger partial charge in [-0.2, -0.15) is 0 Å². The smallest absolute Gasteiger partial charge is 0.316 e. The van der Waals surface area contributed by atoms with E-state index in [1.165, 1.54) is 12.1 Å². The van der Waals surface area contributed by atoms with E-state index in [0.717, 1.165) is 0 Å². The third-order valence-corrected chi connectivity index (χ3v) is 1.22. The van der Waals surface area contributed by atoms with Crippen molar-refractivity contribution in [1.29, 1.82) is 0 Å². The molecule has 0 saturated carbocycles. The molecule has 0 atom stereocenters. The van der Waals surface area contributed by atoms with E-state index in [1.807, 2.05) is 0 Å². The number of hydrogen-bond acceptors (Lipinski definition) is 3. The van der Waals surface area contributed by atoms with Gasteiger partial charge < -0.3 is 5.73 Å². The maximum absolute atomic E-state index is 10.6. The van der Waals surface area contributed by atoms with Gasteiger partial charge in [0.25, 0.3) is 0 Å². The van der Waals surface area contributed by atoms with Crippen molar-refractivity contribution in [3.8, 4) is 0 Å². The van der Waals surface area contributed by atoms with Crippen LogP contribution in [-0.4, -0.2) is 5.91 Å². The molecule has 56 valence electrons. The maximum Gasteiger partial charge on any atom is 0.316 e. The molecule has 0 spiro atoms. The number of nitrogen functional groups attached to an aromatic ring is 1. The van der Waals surface area contributed by atoms with Crippen LogP contribution in [0.1, 0.15) is 10.4 Å². The molecule has 1 amide bonds. The van der Waals surface area contributed by atoms with Crippen molar-refractivity contribution >= 4 is 11.6 Å². The summed E-state index contributed by atoms with van der Waals surface area (Å²) in [6, 6.07) is 6.11. The van der Waals surface area contributed by atoms with Gasteiger partial charge in [-0.05, 0) is 18.2 Å². The largest absolute Gasteiger partial charge is 0.399 e. The van der Waals surface area contributed by atoms with Gasteiger partial charge in [0.2, 0.25) is 0 Å². The summed E-state index contributed by atoms with van der Waals surface area (Å²) in [4.78, 5) is 20.4. The van der Waals surface area contributed by atoms with E-state index in [-0.39, 0.29) is 5.56 Å². The lowest BCUT2D eigenvalue weighted by Crippen LogP contribution is -1.94. The Labute approximate surface area is 63.0 Å². The molecule has 1 aromatic rings. The number of nitroso groups, excluding NO2 is 1. The van der Waals surface area contributed by atoms with E-state index < -0.39 is 5.91 Å². The summed E-state index contributed by atoms with van der Waals surface area (Å²) in [5.41, 5.74) is 6.02. The highest BCUT2D eigenvalue weighted by Gasteiger charge is 2.03. The van der Waals surface area contributed by atoms with Gasteiger partial charge in [0.05, 0.1) is 0 Å². The van der Waals surface area contributed by atoms with Gasteiger partial charge >= 0.3 is 5.91 Å². The molecule has 0 unspecified atom stereocenters. The van der Waals surface area contributed by atoms with Gasteiger partial charge in [0.1, 0.15) is 0 Å². The third-order valence-electron chi connectivity index (χ3n) is 1.22. The molecular formula is C7H6N2O2. The summed E-state index contributed by atoms with van der Waals surface area (Å²) >= 11 is 0. The van der Waals surface area contributed by atoms with Gasteiger partial charge in [-0.3, -0.25) is 4.79 Å². The van der Waals surface area contributed by atoms with Gasteiger partial charge in [-0.25, -0.2) is 0 Å². The SMILES string of the molecule is Nc1cccc(C(=O)N=O)c1. The fourth-order valence-corrected chi connectivity index (χ4v) is 0.724. The monoisotopic (exact) mass is 150 g/mol. The first-order chi connectivity index (χ1) is 5.24. The van der Waals surface area contributed by atoms with Crippen LogP contribution in [-0.2, 0) is 0 Å². The normalized spacial score (nSPS) is 9.09. The number of benzene rings is 1. The summed E-state index contributed by atoms with van der Waals surface area (Å²) < 4.78 is 0. The Morgan fingerprint density at radius 3 is 2.73 bits per heavy atom. The minimum absolute atomic E-state index is 0.222. The Morgan fingerprint density at radius 2 is 2.18 bits per heavy atom.